The quantitative estimate of drug-likeness (QED) is 0.167. The van der Waals surface area contributed by atoms with E-state index in [9.17, 15) is 32.4 Å². The molecule has 4 N–H and O–H groups in total. The summed E-state index contributed by atoms with van der Waals surface area (Å²) in [5.74, 6) is -2.12. The largest absolute Gasteiger partial charge is 0.346 e. The number of nitrogens with zero attached hydrogens (tertiary/aromatic N) is 2. The number of nitrogens with one attached hydrogen (secondary N) is 4. The van der Waals surface area contributed by atoms with Crippen LogP contribution in [-0.4, -0.2) is 91.0 Å². The van der Waals surface area contributed by atoms with Crippen LogP contribution < -0.4 is 21.3 Å². The minimum absolute atomic E-state index is 0.0725. The average Bonchev–Trinajstić information content (AvgIpc) is 3.68. The minimum atomic E-state index is -3.71. The van der Waals surface area contributed by atoms with E-state index in [4.69, 9.17) is 0 Å². The Morgan fingerprint density at radius 2 is 1.63 bits per heavy atom. The zero-order valence-corrected chi connectivity index (χ0v) is 31.6. The number of likely N-dealkylation sites (tertiary alicyclic amines) is 1. The van der Waals surface area contributed by atoms with Crippen molar-refractivity contribution in [3.63, 3.8) is 0 Å². The number of ketones is 1. The first-order chi connectivity index (χ1) is 24.7. The Kier molecular flexibility index (Phi) is 12.8. The zero-order valence-electron chi connectivity index (χ0n) is 30.8. The van der Waals surface area contributed by atoms with Crippen LogP contribution >= 0.6 is 0 Å². The normalized spacial score (nSPS) is 22.3. The average molecular weight is 741 g/mol. The number of urea groups is 1. The summed E-state index contributed by atoms with van der Waals surface area (Å²) in [6.45, 7) is 9.85. The molecule has 4 aliphatic rings. The fourth-order valence-electron chi connectivity index (χ4n) is 7.96. The molecule has 5 amide bonds. The van der Waals surface area contributed by atoms with Crippen LogP contribution in [0.1, 0.15) is 97.0 Å². The standard InChI is InChI=1S/C38H56N6O7S/c1-5-20-39-35(47)32(45)28(22-25-13-11-14-25)40-34(46)30-18-12-21-44(30)36(48)33(38(2,3)4)42-37(49)41-29(26-15-7-6-8-16-26)24-43-23-27-17-9-10-19-31(27)52(43,50)51/h5,9-10,17,19,25-26,28-30,33H,1,6-8,11-16,18,20-24H2,2-4H3,(H,39,47)(H,40,46)(H2,41,42,49)/t28?,29-,30+,33-/m1/s1. The van der Waals surface area contributed by atoms with Crippen molar-refractivity contribution >= 4 is 39.6 Å². The first-order valence-corrected chi connectivity index (χ1v) is 20.3. The van der Waals surface area contributed by atoms with Crippen molar-refractivity contribution in [1.82, 2.24) is 30.5 Å². The molecule has 2 aliphatic carbocycles. The number of hydrogen-bond acceptors (Lipinski definition) is 7. The van der Waals surface area contributed by atoms with Gasteiger partial charge in [0.2, 0.25) is 27.6 Å². The van der Waals surface area contributed by atoms with Crippen molar-refractivity contribution in [3.8, 4) is 0 Å². The Hall–Kier alpha value is -3.78. The van der Waals surface area contributed by atoms with E-state index in [1.807, 2.05) is 32.9 Å². The minimum Gasteiger partial charge on any atom is -0.346 e. The first kappa shape index (κ1) is 39.4. The van der Waals surface area contributed by atoms with Crippen LogP contribution in [0.25, 0.3) is 0 Å². The van der Waals surface area contributed by atoms with Crippen LogP contribution in [0, 0.1) is 17.3 Å². The second-order valence-electron chi connectivity index (χ2n) is 16.0. The summed E-state index contributed by atoms with van der Waals surface area (Å²) in [6.07, 6.45) is 10.4. The summed E-state index contributed by atoms with van der Waals surface area (Å²) in [4.78, 5) is 69.3. The Morgan fingerprint density at radius 1 is 0.923 bits per heavy atom. The molecular weight excluding hydrogens is 685 g/mol. The number of sulfonamides is 1. The van der Waals surface area contributed by atoms with Gasteiger partial charge in [-0.3, -0.25) is 19.2 Å². The molecule has 286 valence electrons. The van der Waals surface area contributed by atoms with Gasteiger partial charge in [-0.05, 0) is 61.0 Å². The van der Waals surface area contributed by atoms with Crippen LogP contribution in [0.15, 0.2) is 41.8 Å². The van der Waals surface area contributed by atoms with Gasteiger partial charge in [0, 0.05) is 32.2 Å². The summed E-state index contributed by atoms with van der Waals surface area (Å²) in [5.41, 5.74) is -0.0174. The molecule has 0 bridgehead atoms. The number of carbonyl (C=O) groups excluding carboxylic acids is 5. The van der Waals surface area contributed by atoms with E-state index in [0.29, 0.717) is 30.7 Å². The number of hydrogen-bond donors (Lipinski definition) is 4. The predicted molar refractivity (Wildman–Crippen MR) is 196 cm³/mol. The van der Waals surface area contributed by atoms with Crippen molar-refractivity contribution in [1.29, 1.82) is 0 Å². The second-order valence-corrected chi connectivity index (χ2v) is 17.9. The van der Waals surface area contributed by atoms with Gasteiger partial charge < -0.3 is 26.2 Å². The summed E-state index contributed by atoms with van der Waals surface area (Å²) >= 11 is 0. The van der Waals surface area contributed by atoms with Gasteiger partial charge in [0.1, 0.15) is 12.1 Å². The first-order valence-electron chi connectivity index (χ1n) is 18.9. The Bertz CT molecular complexity index is 1620. The maximum Gasteiger partial charge on any atom is 0.315 e. The highest BCUT2D eigenvalue weighted by Crippen LogP contribution is 2.34. The molecular formula is C38H56N6O7S. The van der Waals surface area contributed by atoms with Gasteiger partial charge >= 0.3 is 6.03 Å². The fourth-order valence-corrected chi connectivity index (χ4v) is 9.62. The number of Topliss-reactive ketones (excluding diaryl/α,β-unsaturated/α-hetero) is 1. The third-order valence-electron chi connectivity index (χ3n) is 11.2. The monoisotopic (exact) mass is 740 g/mol. The van der Waals surface area contributed by atoms with E-state index in [1.165, 1.54) is 15.3 Å². The van der Waals surface area contributed by atoms with Crippen molar-refractivity contribution < 1.29 is 32.4 Å². The van der Waals surface area contributed by atoms with E-state index in [0.717, 1.165) is 56.9 Å². The zero-order chi connectivity index (χ0) is 37.6. The van der Waals surface area contributed by atoms with Crippen LogP contribution in [0.4, 0.5) is 4.79 Å². The van der Waals surface area contributed by atoms with Gasteiger partial charge in [0.15, 0.2) is 0 Å². The molecule has 2 saturated carbocycles. The molecule has 4 atom stereocenters. The maximum atomic E-state index is 14.3. The van der Waals surface area contributed by atoms with Gasteiger partial charge in [0.25, 0.3) is 5.91 Å². The molecule has 14 heteroatoms. The topological polar surface area (TPSA) is 174 Å². The van der Waals surface area contributed by atoms with Gasteiger partial charge in [-0.25, -0.2) is 13.2 Å². The van der Waals surface area contributed by atoms with Crippen molar-refractivity contribution in [2.75, 3.05) is 19.6 Å². The molecule has 1 aromatic rings. The number of carbonyl (C=O) groups is 5. The highest BCUT2D eigenvalue weighted by Gasteiger charge is 2.44. The van der Waals surface area contributed by atoms with Gasteiger partial charge in [0.05, 0.1) is 10.9 Å². The molecule has 1 saturated heterocycles. The molecule has 0 spiro atoms. The van der Waals surface area contributed by atoms with Crippen LogP contribution in [0.2, 0.25) is 0 Å². The smallest absolute Gasteiger partial charge is 0.315 e. The lowest BCUT2D eigenvalue weighted by atomic mass is 9.80. The fraction of sp³-hybridized carbons (Fsp3) is 0.658. The highest BCUT2D eigenvalue weighted by molar-refractivity contribution is 7.89. The van der Waals surface area contributed by atoms with Crippen molar-refractivity contribution in [2.45, 2.75) is 127 Å². The molecule has 13 nitrogen and oxygen atoms in total. The molecule has 1 aromatic carbocycles. The van der Waals surface area contributed by atoms with Crippen molar-refractivity contribution in [2.24, 2.45) is 17.3 Å². The Morgan fingerprint density at radius 3 is 2.27 bits per heavy atom. The summed E-state index contributed by atoms with van der Waals surface area (Å²) in [7, 11) is -3.71. The van der Waals surface area contributed by atoms with E-state index in [2.05, 4.69) is 27.8 Å². The molecule has 52 heavy (non-hydrogen) atoms. The summed E-state index contributed by atoms with van der Waals surface area (Å²) < 4.78 is 28.3. The molecule has 0 aromatic heterocycles. The third-order valence-corrected chi connectivity index (χ3v) is 13.1. The number of amides is 5. The van der Waals surface area contributed by atoms with E-state index < -0.39 is 69.1 Å². The molecule has 5 rings (SSSR count). The van der Waals surface area contributed by atoms with E-state index in [1.54, 1.807) is 12.1 Å². The van der Waals surface area contributed by atoms with Gasteiger partial charge in [-0.2, -0.15) is 4.31 Å². The number of benzene rings is 1. The SMILES string of the molecule is C=CCNC(=O)C(=O)C(CC1CCC1)NC(=O)[C@@H]1CCCN1C(=O)[C@@H](NC(=O)N[C@H](CN1Cc2ccccc2S1(=O)=O)C1CCCCC1)C(C)(C)C. The van der Waals surface area contributed by atoms with Gasteiger partial charge in [-0.1, -0.05) is 83.6 Å². The third kappa shape index (κ3) is 9.22. The lowest BCUT2D eigenvalue weighted by Gasteiger charge is -2.37. The summed E-state index contributed by atoms with van der Waals surface area (Å²) in [6, 6.07) is 3.01. The van der Waals surface area contributed by atoms with Crippen LogP contribution in [0.3, 0.4) is 0 Å². The number of rotatable bonds is 14. The molecule has 1 unspecified atom stereocenters. The predicted octanol–water partition coefficient (Wildman–Crippen LogP) is 3.39. The van der Waals surface area contributed by atoms with Crippen LogP contribution in [0.5, 0.6) is 0 Å². The van der Waals surface area contributed by atoms with Crippen LogP contribution in [-0.2, 0) is 35.7 Å². The number of fused-ring (bicyclic) bond motifs is 1. The Labute approximate surface area is 308 Å². The van der Waals surface area contributed by atoms with E-state index >= 15 is 0 Å². The molecule has 2 aliphatic heterocycles. The van der Waals surface area contributed by atoms with Crippen molar-refractivity contribution in [3.05, 3.63) is 42.5 Å². The Balaban J connectivity index is 1.28. The molecule has 0 radical (unpaired) electrons. The summed E-state index contributed by atoms with van der Waals surface area (Å²) in [5, 5.41) is 11.3. The maximum absolute atomic E-state index is 14.3. The lowest BCUT2D eigenvalue weighted by Crippen LogP contribution is -2.61. The highest BCUT2D eigenvalue weighted by atomic mass is 32.2. The van der Waals surface area contributed by atoms with Gasteiger partial charge in [-0.15, -0.1) is 6.58 Å². The second kappa shape index (κ2) is 16.9. The lowest BCUT2D eigenvalue weighted by molar-refractivity contribution is -0.144. The molecule has 2 heterocycles. The van der Waals surface area contributed by atoms with E-state index in [-0.39, 0.29) is 31.5 Å². The molecule has 3 fully saturated rings.